The third kappa shape index (κ3) is 1.70. The molecule has 2 aromatic heterocycles. The zero-order valence-corrected chi connectivity index (χ0v) is 8.86. The zero-order valence-electron chi connectivity index (χ0n) is 8.86. The second kappa shape index (κ2) is 3.72. The molecule has 0 aliphatic rings. The molecule has 0 unspecified atom stereocenters. The van der Waals surface area contributed by atoms with E-state index in [1.165, 1.54) is 0 Å². The summed E-state index contributed by atoms with van der Waals surface area (Å²) in [4.78, 5) is 0. The predicted octanol–water partition coefficient (Wildman–Crippen LogP) is 0.969. The summed E-state index contributed by atoms with van der Waals surface area (Å²) in [7, 11) is 0. The van der Waals surface area contributed by atoms with Crippen LogP contribution in [-0.2, 0) is 6.54 Å². The lowest BCUT2D eigenvalue weighted by atomic mass is 10.3. The number of aryl methyl sites for hydroxylation is 1. The molecular formula is C9H14N6. The van der Waals surface area contributed by atoms with Crippen LogP contribution in [0.25, 0.3) is 11.5 Å². The van der Waals surface area contributed by atoms with Crippen LogP contribution in [0, 0.1) is 6.92 Å². The zero-order chi connectivity index (χ0) is 10.8. The van der Waals surface area contributed by atoms with Gasteiger partial charge < -0.3 is 10.3 Å². The standard InChI is InChI=1S/C9H14N6/c1-3-4-15-6(2)11-14-9(15)7-5-8(10)13-12-7/h5H,3-4H2,1-2H3,(H3,10,12,13). The van der Waals surface area contributed by atoms with Gasteiger partial charge in [0.2, 0.25) is 0 Å². The molecular weight excluding hydrogens is 192 g/mol. The number of hydrogen-bond donors (Lipinski definition) is 2. The third-order valence-corrected chi connectivity index (χ3v) is 2.22. The third-order valence-electron chi connectivity index (χ3n) is 2.22. The van der Waals surface area contributed by atoms with Gasteiger partial charge >= 0.3 is 0 Å². The average molecular weight is 206 g/mol. The molecule has 15 heavy (non-hydrogen) atoms. The van der Waals surface area contributed by atoms with Crippen LogP contribution in [-0.4, -0.2) is 25.0 Å². The molecule has 6 nitrogen and oxygen atoms in total. The normalized spacial score (nSPS) is 10.8. The van der Waals surface area contributed by atoms with Crippen molar-refractivity contribution in [3.05, 3.63) is 11.9 Å². The molecule has 2 aromatic rings. The molecule has 0 radical (unpaired) electrons. The van der Waals surface area contributed by atoms with Gasteiger partial charge in [0.25, 0.3) is 0 Å². The minimum atomic E-state index is 0.466. The molecule has 0 aliphatic heterocycles. The first-order chi connectivity index (χ1) is 7.22. The second-order valence-electron chi connectivity index (χ2n) is 3.43. The van der Waals surface area contributed by atoms with Crippen molar-refractivity contribution in [2.75, 3.05) is 5.73 Å². The molecule has 2 rings (SSSR count). The Bertz CT molecular complexity index is 455. The molecule has 0 aliphatic carbocycles. The number of anilines is 1. The van der Waals surface area contributed by atoms with Gasteiger partial charge in [0, 0.05) is 12.6 Å². The van der Waals surface area contributed by atoms with Crippen molar-refractivity contribution in [3.8, 4) is 11.5 Å². The van der Waals surface area contributed by atoms with Crippen molar-refractivity contribution in [2.45, 2.75) is 26.8 Å². The number of aromatic amines is 1. The summed E-state index contributed by atoms with van der Waals surface area (Å²) in [6.45, 7) is 4.95. The fraction of sp³-hybridized carbons (Fsp3) is 0.444. The van der Waals surface area contributed by atoms with Crippen LogP contribution in [0.4, 0.5) is 5.82 Å². The number of hydrogen-bond acceptors (Lipinski definition) is 4. The Morgan fingerprint density at radius 2 is 2.27 bits per heavy atom. The van der Waals surface area contributed by atoms with Gasteiger partial charge in [-0.05, 0) is 13.3 Å². The second-order valence-corrected chi connectivity index (χ2v) is 3.43. The largest absolute Gasteiger partial charge is 0.382 e. The van der Waals surface area contributed by atoms with E-state index in [-0.39, 0.29) is 0 Å². The monoisotopic (exact) mass is 206 g/mol. The molecule has 0 aromatic carbocycles. The van der Waals surface area contributed by atoms with Gasteiger partial charge in [-0.3, -0.25) is 5.10 Å². The van der Waals surface area contributed by atoms with E-state index in [1.807, 2.05) is 11.5 Å². The maximum absolute atomic E-state index is 5.55. The molecule has 0 saturated carbocycles. The summed E-state index contributed by atoms with van der Waals surface area (Å²) >= 11 is 0. The van der Waals surface area contributed by atoms with Crippen molar-refractivity contribution < 1.29 is 0 Å². The van der Waals surface area contributed by atoms with Crippen molar-refractivity contribution in [1.29, 1.82) is 0 Å². The van der Waals surface area contributed by atoms with E-state index >= 15 is 0 Å². The number of H-pyrrole nitrogens is 1. The maximum atomic E-state index is 5.55. The Labute approximate surface area is 87.5 Å². The van der Waals surface area contributed by atoms with Crippen molar-refractivity contribution >= 4 is 5.82 Å². The summed E-state index contributed by atoms with van der Waals surface area (Å²) in [5, 5.41) is 14.9. The van der Waals surface area contributed by atoms with Gasteiger partial charge in [-0.1, -0.05) is 6.92 Å². The highest BCUT2D eigenvalue weighted by Gasteiger charge is 2.11. The van der Waals surface area contributed by atoms with Gasteiger partial charge in [0.05, 0.1) is 0 Å². The van der Waals surface area contributed by atoms with E-state index in [1.54, 1.807) is 6.07 Å². The average Bonchev–Trinajstić information content (AvgIpc) is 2.76. The fourth-order valence-electron chi connectivity index (χ4n) is 1.52. The van der Waals surface area contributed by atoms with Crippen LogP contribution in [0.5, 0.6) is 0 Å². The maximum Gasteiger partial charge on any atom is 0.182 e. The fourth-order valence-corrected chi connectivity index (χ4v) is 1.52. The van der Waals surface area contributed by atoms with Gasteiger partial charge in [-0.2, -0.15) is 5.10 Å². The highest BCUT2D eigenvalue weighted by atomic mass is 15.3. The summed E-state index contributed by atoms with van der Waals surface area (Å²) in [6, 6.07) is 1.76. The van der Waals surface area contributed by atoms with E-state index in [0.29, 0.717) is 5.82 Å². The van der Waals surface area contributed by atoms with Crippen molar-refractivity contribution in [1.82, 2.24) is 25.0 Å². The van der Waals surface area contributed by atoms with Crippen molar-refractivity contribution in [3.63, 3.8) is 0 Å². The van der Waals surface area contributed by atoms with Gasteiger partial charge in [0.1, 0.15) is 17.3 Å². The summed E-state index contributed by atoms with van der Waals surface area (Å²) < 4.78 is 2.05. The number of rotatable bonds is 3. The Morgan fingerprint density at radius 1 is 1.47 bits per heavy atom. The smallest absolute Gasteiger partial charge is 0.182 e. The first kappa shape index (κ1) is 9.70. The number of aromatic nitrogens is 5. The molecule has 6 heteroatoms. The van der Waals surface area contributed by atoms with Gasteiger partial charge in [0.15, 0.2) is 5.82 Å². The molecule has 80 valence electrons. The van der Waals surface area contributed by atoms with Gasteiger partial charge in [-0.15, -0.1) is 10.2 Å². The number of nitrogens with one attached hydrogen (secondary N) is 1. The Morgan fingerprint density at radius 3 is 2.87 bits per heavy atom. The van der Waals surface area contributed by atoms with Crippen LogP contribution in [0.15, 0.2) is 6.07 Å². The van der Waals surface area contributed by atoms with E-state index in [2.05, 4.69) is 27.3 Å². The van der Waals surface area contributed by atoms with Gasteiger partial charge in [-0.25, -0.2) is 0 Å². The summed E-state index contributed by atoms with van der Waals surface area (Å²) in [5.74, 6) is 2.16. The SMILES string of the molecule is CCCn1c(C)nnc1-c1cc(N)n[nH]1. The molecule has 0 fully saturated rings. The lowest BCUT2D eigenvalue weighted by molar-refractivity contribution is 0.661. The molecule has 0 amide bonds. The Hall–Kier alpha value is -1.85. The quantitative estimate of drug-likeness (QED) is 0.783. The molecule has 0 saturated heterocycles. The topological polar surface area (TPSA) is 85.4 Å². The van der Waals surface area contributed by atoms with Crippen LogP contribution < -0.4 is 5.73 Å². The minimum absolute atomic E-state index is 0.466. The summed E-state index contributed by atoms with van der Waals surface area (Å²) in [6.07, 6.45) is 1.04. The van der Waals surface area contributed by atoms with E-state index in [9.17, 15) is 0 Å². The first-order valence-corrected chi connectivity index (χ1v) is 4.93. The molecule has 3 N–H and O–H groups in total. The van der Waals surface area contributed by atoms with Crippen LogP contribution in [0.3, 0.4) is 0 Å². The van der Waals surface area contributed by atoms with E-state index in [0.717, 1.165) is 30.3 Å². The van der Waals surface area contributed by atoms with Crippen molar-refractivity contribution in [2.24, 2.45) is 0 Å². The summed E-state index contributed by atoms with van der Waals surface area (Å²) in [5.41, 5.74) is 6.35. The van der Waals surface area contributed by atoms with E-state index < -0.39 is 0 Å². The number of nitrogen functional groups attached to an aromatic ring is 1. The molecule has 2 heterocycles. The minimum Gasteiger partial charge on any atom is -0.382 e. The molecule has 0 spiro atoms. The lowest BCUT2D eigenvalue weighted by Gasteiger charge is -2.04. The Balaban J connectivity index is 2.43. The van der Waals surface area contributed by atoms with Crippen LogP contribution >= 0.6 is 0 Å². The number of nitrogens with zero attached hydrogens (tertiary/aromatic N) is 4. The Kier molecular flexibility index (Phi) is 2.40. The lowest BCUT2D eigenvalue weighted by Crippen LogP contribution is -2.02. The number of nitrogens with two attached hydrogens (primary N) is 1. The highest BCUT2D eigenvalue weighted by molar-refractivity contribution is 5.54. The first-order valence-electron chi connectivity index (χ1n) is 4.93. The molecule has 0 bridgehead atoms. The van der Waals surface area contributed by atoms with E-state index in [4.69, 9.17) is 5.73 Å². The van der Waals surface area contributed by atoms with Crippen LogP contribution in [0.1, 0.15) is 19.2 Å². The van der Waals surface area contributed by atoms with Crippen LogP contribution in [0.2, 0.25) is 0 Å². The molecule has 0 atom stereocenters. The highest BCUT2D eigenvalue weighted by Crippen LogP contribution is 2.17. The predicted molar refractivity (Wildman–Crippen MR) is 57.0 cm³/mol.